The minimum absolute atomic E-state index is 0.170. The number of hydrogen-bond acceptors (Lipinski definition) is 6. The van der Waals surface area contributed by atoms with E-state index in [0.717, 1.165) is 21.8 Å². The van der Waals surface area contributed by atoms with Gasteiger partial charge in [0.2, 0.25) is 0 Å². The van der Waals surface area contributed by atoms with Crippen LogP contribution >= 0.6 is 11.8 Å². The number of nitrogens with one attached hydrogen (secondary N) is 1. The lowest BCUT2D eigenvalue weighted by molar-refractivity contribution is -0.125. The van der Waals surface area contributed by atoms with Crippen LogP contribution in [0.25, 0.3) is 0 Å². The molecule has 0 saturated heterocycles. The Balaban J connectivity index is 1.33. The molecular formula is C26H22N2O4S. The first-order valence-electron chi connectivity index (χ1n) is 10.5. The predicted octanol–water partition coefficient (Wildman–Crippen LogP) is 4.65. The minimum Gasteiger partial charge on any atom is -0.493 e. The number of nitrogens with zero attached hydrogens (tertiary/aromatic N) is 1. The number of thioether (sulfide) groups is 1. The number of para-hydroxylation sites is 1. The van der Waals surface area contributed by atoms with Gasteiger partial charge in [0.15, 0.2) is 6.61 Å². The van der Waals surface area contributed by atoms with Crippen LogP contribution < -0.4 is 10.1 Å². The van der Waals surface area contributed by atoms with Crippen LogP contribution in [0, 0.1) is 11.3 Å². The first-order chi connectivity index (χ1) is 16.1. The Morgan fingerprint density at radius 3 is 2.64 bits per heavy atom. The Morgan fingerprint density at radius 2 is 1.82 bits per heavy atom. The van der Waals surface area contributed by atoms with Crippen molar-refractivity contribution in [2.45, 2.75) is 23.1 Å². The van der Waals surface area contributed by atoms with E-state index in [2.05, 4.69) is 11.4 Å². The summed E-state index contributed by atoms with van der Waals surface area (Å²) in [5.41, 5.74) is 2.99. The second-order valence-electron chi connectivity index (χ2n) is 7.46. The van der Waals surface area contributed by atoms with E-state index in [0.29, 0.717) is 29.9 Å². The molecule has 4 rings (SSSR count). The molecular weight excluding hydrogens is 436 g/mol. The zero-order chi connectivity index (χ0) is 23.0. The van der Waals surface area contributed by atoms with Crippen LogP contribution in [0.1, 0.15) is 39.5 Å². The van der Waals surface area contributed by atoms with Gasteiger partial charge in [-0.25, -0.2) is 4.79 Å². The number of nitriles is 1. The molecule has 1 heterocycles. The summed E-state index contributed by atoms with van der Waals surface area (Å²) < 4.78 is 10.9. The maximum atomic E-state index is 12.7. The van der Waals surface area contributed by atoms with Gasteiger partial charge in [0.25, 0.3) is 5.91 Å². The van der Waals surface area contributed by atoms with E-state index in [9.17, 15) is 9.59 Å². The molecule has 3 aromatic rings. The van der Waals surface area contributed by atoms with Crippen molar-refractivity contribution in [3.63, 3.8) is 0 Å². The second kappa shape index (κ2) is 10.7. The summed E-state index contributed by atoms with van der Waals surface area (Å²) in [6.45, 7) is 0.165. The molecule has 166 valence electrons. The van der Waals surface area contributed by atoms with Crippen molar-refractivity contribution in [1.82, 2.24) is 5.32 Å². The van der Waals surface area contributed by atoms with E-state index in [1.54, 1.807) is 24.3 Å². The third kappa shape index (κ3) is 5.73. The van der Waals surface area contributed by atoms with E-state index >= 15 is 0 Å². The van der Waals surface area contributed by atoms with Gasteiger partial charge in [-0.05, 0) is 35.9 Å². The fourth-order valence-corrected chi connectivity index (χ4v) is 4.53. The fourth-order valence-electron chi connectivity index (χ4n) is 3.53. The maximum Gasteiger partial charge on any atom is 0.339 e. The number of amides is 1. The van der Waals surface area contributed by atoms with Crippen molar-refractivity contribution in [2.24, 2.45) is 0 Å². The number of benzene rings is 3. The van der Waals surface area contributed by atoms with Crippen LogP contribution in [0.2, 0.25) is 0 Å². The molecule has 0 aromatic heterocycles. The summed E-state index contributed by atoms with van der Waals surface area (Å²) in [4.78, 5) is 25.9. The van der Waals surface area contributed by atoms with Crippen LogP contribution in [-0.2, 0) is 15.3 Å². The first kappa shape index (κ1) is 22.4. The largest absolute Gasteiger partial charge is 0.493 e. The molecule has 1 unspecified atom stereocenters. The number of fused-ring (bicyclic) bond motifs is 1. The van der Waals surface area contributed by atoms with E-state index in [1.807, 2.05) is 48.5 Å². The molecule has 0 bridgehead atoms. The number of carbonyl (C=O) groups is 2. The van der Waals surface area contributed by atoms with E-state index < -0.39 is 5.97 Å². The van der Waals surface area contributed by atoms with Gasteiger partial charge >= 0.3 is 5.97 Å². The quantitative estimate of drug-likeness (QED) is 0.410. The molecule has 1 aliphatic rings. The zero-order valence-electron chi connectivity index (χ0n) is 17.8. The van der Waals surface area contributed by atoms with Gasteiger partial charge < -0.3 is 14.8 Å². The molecule has 3 aromatic carbocycles. The van der Waals surface area contributed by atoms with Crippen LogP contribution in [0.3, 0.4) is 0 Å². The molecule has 0 spiro atoms. The maximum absolute atomic E-state index is 12.7. The third-order valence-electron chi connectivity index (χ3n) is 5.21. The summed E-state index contributed by atoms with van der Waals surface area (Å²) in [6.07, 6.45) is 0.658. The molecule has 0 saturated carbocycles. The Bertz CT molecular complexity index is 1190. The first-order valence-corrected chi connectivity index (χ1v) is 11.5. The summed E-state index contributed by atoms with van der Waals surface area (Å²) >= 11 is 1.50. The second-order valence-corrected chi connectivity index (χ2v) is 8.48. The number of esters is 1. The standard InChI is InChI=1S/C26H22N2O4S/c27-15-18-9-11-19(12-10-18)17-33-24-8-4-2-6-21(24)26(30)32-16-25(29)28-22-13-14-31-23-7-3-1-5-20(22)23/h1-12,22H,13-14,16-17H2,(H,28,29). The van der Waals surface area contributed by atoms with E-state index in [4.69, 9.17) is 14.7 Å². The van der Waals surface area contributed by atoms with E-state index in [-0.39, 0.29) is 18.6 Å². The van der Waals surface area contributed by atoms with Crippen molar-refractivity contribution in [3.05, 3.63) is 95.1 Å². The highest BCUT2D eigenvalue weighted by atomic mass is 32.2. The van der Waals surface area contributed by atoms with Crippen LogP contribution in [0.4, 0.5) is 0 Å². The van der Waals surface area contributed by atoms with Gasteiger partial charge in [0.1, 0.15) is 5.75 Å². The van der Waals surface area contributed by atoms with Crippen molar-refractivity contribution >= 4 is 23.6 Å². The number of carbonyl (C=O) groups excluding carboxylic acids is 2. The van der Waals surface area contributed by atoms with Crippen LogP contribution in [-0.4, -0.2) is 25.1 Å². The van der Waals surface area contributed by atoms with Crippen molar-refractivity contribution < 1.29 is 19.1 Å². The molecule has 7 heteroatoms. The van der Waals surface area contributed by atoms with Gasteiger partial charge in [-0.2, -0.15) is 5.26 Å². The molecule has 0 fully saturated rings. The Labute approximate surface area is 196 Å². The van der Waals surface area contributed by atoms with Crippen molar-refractivity contribution in [3.8, 4) is 11.8 Å². The molecule has 6 nitrogen and oxygen atoms in total. The number of hydrogen-bond donors (Lipinski definition) is 1. The molecule has 0 aliphatic carbocycles. The highest BCUT2D eigenvalue weighted by Gasteiger charge is 2.23. The topological polar surface area (TPSA) is 88.4 Å². The molecule has 1 N–H and O–H groups in total. The molecule has 1 amide bonds. The SMILES string of the molecule is N#Cc1ccc(CSc2ccccc2C(=O)OCC(=O)NC2CCOc3ccccc32)cc1. The van der Waals surface area contributed by atoms with E-state index in [1.165, 1.54) is 11.8 Å². The lowest BCUT2D eigenvalue weighted by Crippen LogP contribution is -2.35. The van der Waals surface area contributed by atoms with Gasteiger partial charge in [0.05, 0.1) is 29.8 Å². The smallest absolute Gasteiger partial charge is 0.339 e. The Morgan fingerprint density at radius 1 is 1.06 bits per heavy atom. The lowest BCUT2D eigenvalue weighted by Gasteiger charge is -2.26. The van der Waals surface area contributed by atoms with Gasteiger partial charge in [0, 0.05) is 22.6 Å². The minimum atomic E-state index is -0.541. The Kier molecular flexibility index (Phi) is 7.28. The normalized spacial score (nSPS) is 14.3. The highest BCUT2D eigenvalue weighted by molar-refractivity contribution is 7.98. The average Bonchev–Trinajstić information content (AvgIpc) is 2.87. The fraction of sp³-hybridized carbons (Fsp3) is 0.192. The average molecular weight is 459 g/mol. The molecule has 1 aliphatic heterocycles. The number of rotatable bonds is 7. The van der Waals surface area contributed by atoms with Crippen LogP contribution in [0.5, 0.6) is 5.75 Å². The summed E-state index contributed by atoms with van der Waals surface area (Å²) in [7, 11) is 0. The predicted molar refractivity (Wildman–Crippen MR) is 125 cm³/mol. The van der Waals surface area contributed by atoms with Gasteiger partial charge in [-0.15, -0.1) is 11.8 Å². The summed E-state index contributed by atoms with van der Waals surface area (Å²) in [5.74, 6) is 0.507. The monoisotopic (exact) mass is 458 g/mol. The lowest BCUT2D eigenvalue weighted by atomic mass is 10.0. The molecule has 1 atom stereocenters. The molecule has 0 radical (unpaired) electrons. The molecule has 33 heavy (non-hydrogen) atoms. The van der Waals surface area contributed by atoms with Crippen molar-refractivity contribution in [1.29, 1.82) is 5.26 Å². The summed E-state index contributed by atoms with van der Waals surface area (Å²) in [6, 6.07) is 24.0. The highest BCUT2D eigenvalue weighted by Crippen LogP contribution is 2.31. The van der Waals surface area contributed by atoms with Gasteiger partial charge in [-0.3, -0.25) is 4.79 Å². The zero-order valence-corrected chi connectivity index (χ0v) is 18.6. The third-order valence-corrected chi connectivity index (χ3v) is 6.36. The Hall–Kier alpha value is -3.76. The van der Waals surface area contributed by atoms with Crippen molar-refractivity contribution in [2.75, 3.05) is 13.2 Å². The summed E-state index contributed by atoms with van der Waals surface area (Å²) in [5, 5.41) is 11.8. The van der Waals surface area contributed by atoms with Gasteiger partial charge in [-0.1, -0.05) is 42.5 Å². The number of ether oxygens (including phenoxy) is 2. The van der Waals surface area contributed by atoms with Crippen LogP contribution in [0.15, 0.2) is 77.7 Å².